The lowest BCUT2D eigenvalue weighted by molar-refractivity contribution is 0.0525. The Morgan fingerprint density at radius 2 is 1.47 bits per heavy atom. The highest BCUT2D eigenvalue weighted by Crippen LogP contribution is 2.46. The first-order chi connectivity index (χ1) is 22.4. The molecule has 3 aromatic carbocycles. The molecule has 0 aliphatic heterocycles. The monoisotopic (exact) mass is 652 g/mol. The van der Waals surface area contributed by atoms with E-state index < -0.39 is 40.9 Å². The molecule has 15 heteroatoms. The lowest BCUT2D eigenvalue weighted by atomic mass is 10.2. The molecule has 0 atom stereocenters. The minimum atomic E-state index is -1.49. The summed E-state index contributed by atoms with van der Waals surface area (Å²) in [5.74, 6) is -8.87. The van der Waals surface area contributed by atoms with E-state index >= 15 is 8.78 Å². The van der Waals surface area contributed by atoms with Gasteiger partial charge in [0.15, 0.2) is 23.0 Å². The fraction of sp³-hybridized carbons (Fsp3) is 0.188. The summed E-state index contributed by atoms with van der Waals surface area (Å²) in [6.45, 7) is 1.70. The summed E-state index contributed by atoms with van der Waals surface area (Å²) in [5, 5.41) is 18.0. The molecule has 0 bridgehead atoms. The molecule has 1 aromatic heterocycles. The SMILES string of the molecule is CCOC(=O)c1cc(OC)c(Oc2c(F)c(Oc3cccc(C(=O)N(C)C)c3)nc(Oc3cc(C(=N)N)ccc3O)c2F)c(OC)c1. The number of nitrogens with two attached hydrogens (primary N) is 1. The Morgan fingerprint density at radius 3 is 2.04 bits per heavy atom. The number of aromatic nitrogens is 1. The van der Waals surface area contributed by atoms with Crippen LogP contribution in [0.2, 0.25) is 0 Å². The van der Waals surface area contributed by atoms with E-state index in [1.54, 1.807) is 21.0 Å². The van der Waals surface area contributed by atoms with Crippen molar-refractivity contribution in [2.75, 3.05) is 34.9 Å². The zero-order chi connectivity index (χ0) is 34.4. The lowest BCUT2D eigenvalue weighted by Crippen LogP contribution is -2.21. The van der Waals surface area contributed by atoms with Crippen LogP contribution in [0.3, 0.4) is 0 Å². The van der Waals surface area contributed by atoms with E-state index in [0.717, 1.165) is 12.1 Å². The minimum absolute atomic E-state index is 0.00426. The molecular formula is C32H30F2N4O9. The molecular weight excluding hydrogens is 622 g/mol. The van der Waals surface area contributed by atoms with Gasteiger partial charge in [0.1, 0.15) is 11.6 Å². The minimum Gasteiger partial charge on any atom is -0.504 e. The summed E-state index contributed by atoms with van der Waals surface area (Å²) in [6, 6.07) is 11.8. The van der Waals surface area contributed by atoms with Crippen molar-refractivity contribution in [1.82, 2.24) is 9.88 Å². The molecule has 4 N–H and O–H groups in total. The molecule has 0 radical (unpaired) electrons. The predicted molar refractivity (Wildman–Crippen MR) is 163 cm³/mol. The molecule has 4 aromatic rings. The Kier molecular flexibility index (Phi) is 10.3. The van der Waals surface area contributed by atoms with Crippen LogP contribution in [0, 0.1) is 17.0 Å². The number of hydrogen-bond donors (Lipinski definition) is 3. The van der Waals surface area contributed by atoms with E-state index in [-0.39, 0.29) is 63.8 Å². The number of nitrogens with zero attached hydrogens (tertiary/aromatic N) is 2. The van der Waals surface area contributed by atoms with Crippen molar-refractivity contribution < 1.29 is 51.9 Å². The molecule has 246 valence electrons. The van der Waals surface area contributed by atoms with Gasteiger partial charge in [-0.2, -0.15) is 13.8 Å². The van der Waals surface area contributed by atoms with Crippen LogP contribution in [-0.4, -0.2) is 67.6 Å². The van der Waals surface area contributed by atoms with Crippen LogP contribution in [0.4, 0.5) is 8.78 Å². The number of carbonyl (C=O) groups is 2. The summed E-state index contributed by atoms with van der Waals surface area (Å²) in [6.07, 6.45) is 0. The number of methoxy groups -OCH3 is 2. The van der Waals surface area contributed by atoms with Crippen LogP contribution in [0.25, 0.3) is 0 Å². The van der Waals surface area contributed by atoms with Crippen molar-refractivity contribution in [3.8, 4) is 52.0 Å². The number of pyridine rings is 1. The average molecular weight is 653 g/mol. The highest BCUT2D eigenvalue weighted by Gasteiger charge is 2.29. The number of phenols is 1. The van der Waals surface area contributed by atoms with E-state index in [9.17, 15) is 14.7 Å². The number of amides is 1. The van der Waals surface area contributed by atoms with Crippen molar-refractivity contribution in [3.63, 3.8) is 0 Å². The maximum Gasteiger partial charge on any atom is 0.338 e. The predicted octanol–water partition coefficient (Wildman–Crippen LogP) is 5.62. The largest absolute Gasteiger partial charge is 0.504 e. The molecule has 13 nitrogen and oxygen atoms in total. The Morgan fingerprint density at radius 1 is 0.851 bits per heavy atom. The van der Waals surface area contributed by atoms with Gasteiger partial charge in [-0.1, -0.05) is 6.07 Å². The number of carbonyl (C=O) groups excluding carboxylic acids is 2. The summed E-state index contributed by atoms with van der Waals surface area (Å²) in [4.78, 5) is 30.1. The van der Waals surface area contributed by atoms with Gasteiger partial charge in [0.25, 0.3) is 17.7 Å². The Bertz CT molecular complexity index is 1820. The number of halogens is 2. The summed E-state index contributed by atoms with van der Waals surface area (Å²) < 4.78 is 64.7. The molecule has 1 amide bonds. The third-order valence-electron chi connectivity index (χ3n) is 6.33. The highest BCUT2D eigenvalue weighted by atomic mass is 19.1. The summed E-state index contributed by atoms with van der Waals surface area (Å²) >= 11 is 0. The smallest absolute Gasteiger partial charge is 0.338 e. The summed E-state index contributed by atoms with van der Waals surface area (Å²) in [7, 11) is 5.54. The van der Waals surface area contributed by atoms with Gasteiger partial charge >= 0.3 is 5.97 Å². The lowest BCUT2D eigenvalue weighted by Gasteiger charge is -2.18. The van der Waals surface area contributed by atoms with Crippen LogP contribution < -0.4 is 29.4 Å². The van der Waals surface area contributed by atoms with E-state index in [4.69, 9.17) is 39.6 Å². The zero-order valence-corrected chi connectivity index (χ0v) is 25.8. The van der Waals surface area contributed by atoms with Crippen molar-refractivity contribution in [1.29, 1.82) is 5.41 Å². The number of aromatic hydroxyl groups is 1. The molecule has 0 unspecified atom stereocenters. The number of ether oxygens (including phenoxy) is 6. The average Bonchev–Trinajstić information content (AvgIpc) is 3.05. The van der Waals surface area contributed by atoms with Crippen LogP contribution in [-0.2, 0) is 4.74 Å². The standard InChI is InChI=1S/C32H30F2N4O9/c1-6-44-32(41)18-14-22(42-4)26(23(15-18)43-5)47-27-24(33)29(45-19-9-7-8-17(12-19)31(40)38(2)3)37-30(25(27)34)46-21-13-16(28(35)36)10-11-20(21)39/h7-15,39H,6H2,1-5H3,(H3,35,36). The van der Waals surface area contributed by atoms with E-state index in [1.165, 1.54) is 61.6 Å². The molecule has 47 heavy (non-hydrogen) atoms. The third kappa shape index (κ3) is 7.41. The molecule has 4 rings (SSSR count). The normalized spacial score (nSPS) is 10.5. The van der Waals surface area contributed by atoms with Gasteiger partial charge in [-0.15, -0.1) is 0 Å². The van der Waals surface area contributed by atoms with Crippen LogP contribution in [0.1, 0.15) is 33.2 Å². The number of nitrogen functional groups attached to an aromatic ring is 1. The molecule has 0 aliphatic carbocycles. The molecule has 0 saturated heterocycles. The number of benzene rings is 3. The second kappa shape index (κ2) is 14.3. The van der Waals surface area contributed by atoms with Gasteiger partial charge in [-0.3, -0.25) is 10.2 Å². The van der Waals surface area contributed by atoms with Crippen LogP contribution in [0.15, 0.2) is 54.6 Å². The highest BCUT2D eigenvalue weighted by molar-refractivity contribution is 5.95. The molecule has 1 heterocycles. The Labute approximate surface area is 267 Å². The van der Waals surface area contributed by atoms with Crippen molar-refractivity contribution in [2.24, 2.45) is 5.73 Å². The van der Waals surface area contributed by atoms with Crippen LogP contribution in [0.5, 0.6) is 52.0 Å². The van der Waals surface area contributed by atoms with Crippen molar-refractivity contribution >= 4 is 17.7 Å². The number of nitrogens with one attached hydrogen (secondary N) is 1. The van der Waals surface area contributed by atoms with Gasteiger partial charge in [-0.25, -0.2) is 4.79 Å². The topological polar surface area (TPSA) is 176 Å². The molecule has 0 fully saturated rings. The van der Waals surface area contributed by atoms with Gasteiger partial charge < -0.3 is 44.2 Å². The number of hydrogen-bond acceptors (Lipinski definition) is 11. The number of amidine groups is 1. The first-order valence-corrected chi connectivity index (χ1v) is 13.7. The van der Waals surface area contributed by atoms with Gasteiger partial charge in [0.2, 0.25) is 23.1 Å². The summed E-state index contributed by atoms with van der Waals surface area (Å²) in [5.41, 5.74) is 5.86. The fourth-order valence-electron chi connectivity index (χ4n) is 4.05. The molecule has 0 saturated carbocycles. The van der Waals surface area contributed by atoms with Gasteiger partial charge in [0.05, 0.1) is 26.4 Å². The molecule has 0 aliphatic rings. The van der Waals surface area contributed by atoms with E-state index in [0.29, 0.717) is 0 Å². The van der Waals surface area contributed by atoms with Gasteiger partial charge in [-0.05, 0) is 55.5 Å². The fourth-order valence-corrected chi connectivity index (χ4v) is 4.05. The third-order valence-corrected chi connectivity index (χ3v) is 6.33. The first kappa shape index (κ1) is 33.8. The van der Waals surface area contributed by atoms with Gasteiger partial charge in [0, 0.05) is 25.2 Å². The number of phenolic OH excluding ortho intramolecular Hbond substituents is 1. The Balaban J connectivity index is 1.89. The van der Waals surface area contributed by atoms with Crippen molar-refractivity contribution in [2.45, 2.75) is 6.92 Å². The second-order valence-corrected chi connectivity index (χ2v) is 9.74. The maximum atomic E-state index is 16.1. The van der Waals surface area contributed by atoms with E-state index in [2.05, 4.69) is 4.98 Å². The number of rotatable bonds is 12. The van der Waals surface area contributed by atoms with Crippen molar-refractivity contribution in [3.05, 3.63) is 82.9 Å². The second-order valence-electron chi connectivity index (χ2n) is 9.74. The molecule has 0 spiro atoms. The maximum absolute atomic E-state index is 16.1. The quantitative estimate of drug-likeness (QED) is 0.0983. The van der Waals surface area contributed by atoms with Crippen LogP contribution >= 0.6 is 0 Å². The number of esters is 1. The zero-order valence-electron chi connectivity index (χ0n) is 25.8. The van der Waals surface area contributed by atoms with E-state index in [1.807, 2.05) is 0 Å². The first-order valence-electron chi connectivity index (χ1n) is 13.7. The Hall–Kier alpha value is -6.12.